The maximum atomic E-state index is 13.3. The van der Waals surface area contributed by atoms with E-state index in [-0.39, 0.29) is 28.4 Å². The van der Waals surface area contributed by atoms with Crippen LogP contribution in [0.5, 0.6) is 0 Å². The van der Waals surface area contributed by atoms with Crippen LogP contribution in [0.2, 0.25) is 0 Å². The quantitative estimate of drug-likeness (QED) is 0.833. The lowest BCUT2D eigenvalue weighted by atomic mass is 10.1. The average Bonchev–Trinajstić information content (AvgIpc) is 2.39. The molecule has 0 fully saturated rings. The molecule has 1 aromatic carbocycles. The molecule has 0 aliphatic rings. The molecule has 0 aromatic heterocycles. The molecule has 8 heteroatoms. The van der Waals surface area contributed by atoms with Crippen LogP contribution in [-0.4, -0.2) is 25.1 Å². The minimum Gasteiger partial charge on any atom is -0.389 e. The van der Waals surface area contributed by atoms with Crippen LogP contribution in [0.3, 0.4) is 0 Å². The number of hydrogen-bond acceptors (Lipinski definition) is 4. The van der Waals surface area contributed by atoms with Crippen LogP contribution in [-0.2, 0) is 14.8 Å². The first-order chi connectivity index (χ1) is 9.24. The zero-order valence-corrected chi connectivity index (χ0v) is 12.7. The predicted octanol–water partition coefficient (Wildman–Crippen LogP) is 1.55. The Balaban J connectivity index is 3.58. The summed E-state index contributed by atoms with van der Waals surface area (Å²) in [5.41, 5.74) is 5.47. The Morgan fingerprint density at radius 1 is 1.40 bits per heavy atom. The molecular weight excluding hydrogens is 303 g/mol. The standard InChI is InChI=1S/C12H15FN2O3S2/c1-3-11(16)15(20(17,18)4-2)10-6-5-8(13)7-9(10)12(14)19/h5-7H,3-4H2,1-2H3,(H2,14,19). The first-order valence-electron chi connectivity index (χ1n) is 5.89. The number of hydrogen-bond donors (Lipinski definition) is 1. The number of anilines is 1. The van der Waals surface area contributed by atoms with Crippen molar-refractivity contribution in [1.82, 2.24) is 0 Å². The molecule has 0 saturated heterocycles. The molecule has 0 spiro atoms. The van der Waals surface area contributed by atoms with Crippen molar-refractivity contribution in [3.8, 4) is 0 Å². The molecule has 0 saturated carbocycles. The van der Waals surface area contributed by atoms with E-state index in [1.807, 2.05) is 0 Å². The molecule has 0 unspecified atom stereocenters. The van der Waals surface area contributed by atoms with Gasteiger partial charge in [-0.3, -0.25) is 4.79 Å². The highest BCUT2D eigenvalue weighted by Gasteiger charge is 2.29. The summed E-state index contributed by atoms with van der Waals surface area (Å²) in [7, 11) is -3.85. The van der Waals surface area contributed by atoms with Crippen LogP contribution in [0.4, 0.5) is 10.1 Å². The third-order valence-electron chi connectivity index (χ3n) is 2.61. The molecule has 0 aliphatic carbocycles. The molecular formula is C12H15FN2O3S2. The number of sulfonamides is 1. The Bertz CT molecular complexity index is 644. The maximum absolute atomic E-state index is 13.3. The summed E-state index contributed by atoms with van der Waals surface area (Å²) < 4.78 is 38.1. The third kappa shape index (κ3) is 3.31. The van der Waals surface area contributed by atoms with Gasteiger partial charge in [0.15, 0.2) is 0 Å². The minimum atomic E-state index is -3.85. The Labute approximate surface area is 122 Å². The second kappa shape index (κ2) is 6.27. The number of thiocarbonyl (C=S) groups is 1. The minimum absolute atomic E-state index is 0.0128. The van der Waals surface area contributed by atoms with Gasteiger partial charge in [0.1, 0.15) is 10.8 Å². The summed E-state index contributed by atoms with van der Waals surface area (Å²) in [6, 6.07) is 3.25. The molecule has 20 heavy (non-hydrogen) atoms. The van der Waals surface area contributed by atoms with E-state index in [0.717, 1.165) is 12.1 Å². The van der Waals surface area contributed by atoms with Gasteiger partial charge in [-0.2, -0.15) is 0 Å². The van der Waals surface area contributed by atoms with Gasteiger partial charge in [0.05, 0.1) is 11.4 Å². The lowest BCUT2D eigenvalue weighted by molar-refractivity contribution is -0.117. The van der Waals surface area contributed by atoms with Crippen molar-refractivity contribution in [1.29, 1.82) is 0 Å². The fourth-order valence-electron chi connectivity index (χ4n) is 1.59. The van der Waals surface area contributed by atoms with Crippen LogP contribution >= 0.6 is 12.2 Å². The number of halogens is 1. The molecule has 2 N–H and O–H groups in total. The summed E-state index contributed by atoms with van der Waals surface area (Å²) in [4.78, 5) is 11.8. The normalized spacial score (nSPS) is 11.2. The summed E-state index contributed by atoms with van der Waals surface area (Å²) in [6.07, 6.45) is -0.0205. The van der Waals surface area contributed by atoms with E-state index >= 15 is 0 Å². The first-order valence-corrected chi connectivity index (χ1v) is 7.91. The van der Waals surface area contributed by atoms with Crippen LogP contribution in [0.25, 0.3) is 0 Å². The molecule has 1 aromatic rings. The topological polar surface area (TPSA) is 80.5 Å². The van der Waals surface area contributed by atoms with E-state index in [0.29, 0.717) is 4.31 Å². The van der Waals surface area contributed by atoms with Gasteiger partial charge >= 0.3 is 0 Å². The van der Waals surface area contributed by atoms with Gasteiger partial charge in [0.25, 0.3) is 0 Å². The van der Waals surface area contributed by atoms with Crippen molar-refractivity contribution in [2.24, 2.45) is 5.73 Å². The molecule has 1 rings (SSSR count). The molecule has 1 amide bonds. The Morgan fingerprint density at radius 2 is 2.00 bits per heavy atom. The van der Waals surface area contributed by atoms with E-state index in [9.17, 15) is 17.6 Å². The van der Waals surface area contributed by atoms with E-state index in [1.54, 1.807) is 0 Å². The van der Waals surface area contributed by atoms with Crippen molar-refractivity contribution in [3.05, 3.63) is 29.6 Å². The number of nitrogens with two attached hydrogens (primary N) is 1. The Kier molecular flexibility index (Phi) is 5.18. The highest BCUT2D eigenvalue weighted by Crippen LogP contribution is 2.25. The number of benzene rings is 1. The largest absolute Gasteiger partial charge is 0.389 e. The second-order valence-corrected chi connectivity index (χ2v) is 6.48. The van der Waals surface area contributed by atoms with Crippen LogP contribution in [0.1, 0.15) is 25.8 Å². The maximum Gasteiger partial charge on any atom is 0.241 e. The van der Waals surface area contributed by atoms with Crippen molar-refractivity contribution >= 4 is 38.8 Å². The van der Waals surface area contributed by atoms with Crippen LogP contribution in [0, 0.1) is 5.82 Å². The van der Waals surface area contributed by atoms with E-state index < -0.39 is 21.7 Å². The third-order valence-corrected chi connectivity index (χ3v) is 4.52. The summed E-state index contributed by atoms with van der Waals surface area (Å²) in [6.45, 7) is 2.94. The first kappa shape index (κ1) is 16.5. The van der Waals surface area contributed by atoms with Gasteiger partial charge in [-0.1, -0.05) is 19.1 Å². The van der Waals surface area contributed by atoms with Crippen molar-refractivity contribution < 1.29 is 17.6 Å². The van der Waals surface area contributed by atoms with Crippen LogP contribution in [0.15, 0.2) is 18.2 Å². The fourth-order valence-corrected chi connectivity index (χ4v) is 2.91. The molecule has 5 nitrogen and oxygen atoms in total. The molecule has 0 aliphatic heterocycles. The van der Waals surface area contributed by atoms with Gasteiger partial charge in [-0.15, -0.1) is 0 Å². The molecule has 0 heterocycles. The van der Waals surface area contributed by atoms with E-state index in [4.69, 9.17) is 18.0 Å². The number of nitrogens with zero attached hydrogens (tertiary/aromatic N) is 1. The lowest BCUT2D eigenvalue weighted by Gasteiger charge is -2.23. The average molecular weight is 318 g/mol. The fraction of sp³-hybridized carbons (Fsp3) is 0.333. The number of carbonyl (C=O) groups excluding carboxylic acids is 1. The van der Waals surface area contributed by atoms with Crippen LogP contribution < -0.4 is 10.0 Å². The van der Waals surface area contributed by atoms with Gasteiger partial charge in [0, 0.05) is 12.0 Å². The van der Waals surface area contributed by atoms with Gasteiger partial charge in [0.2, 0.25) is 15.9 Å². The zero-order chi connectivity index (χ0) is 15.5. The smallest absolute Gasteiger partial charge is 0.241 e. The van der Waals surface area contributed by atoms with Gasteiger partial charge in [-0.25, -0.2) is 17.1 Å². The van der Waals surface area contributed by atoms with E-state index in [2.05, 4.69) is 0 Å². The number of carbonyl (C=O) groups is 1. The summed E-state index contributed by atoms with van der Waals surface area (Å²) in [5, 5.41) is 0. The summed E-state index contributed by atoms with van der Waals surface area (Å²) in [5.74, 6) is -1.52. The highest BCUT2D eigenvalue weighted by atomic mass is 32.2. The molecule has 110 valence electrons. The molecule has 0 radical (unpaired) electrons. The van der Waals surface area contributed by atoms with Crippen molar-refractivity contribution in [3.63, 3.8) is 0 Å². The zero-order valence-electron chi connectivity index (χ0n) is 11.1. The van der Waals surface area contributed by atoms with Gasteiger partial charge < -0.3 is 5.73 Å². The number of amides is 1. The molecule has 0 atom stereocenters. The second-order valence-electron chi connectivity index (χ2n) is 3.94. The van der Waals surface area contributed by atoms with Gasteiger partial charge in [-0.05, 0) is 25.1 Å². The monoisotopic (exact) mass is 318 g/mol. The Morgan fingerprint density at radius 3 is 2.45 bits per heavy atom. The predicted molar refractivity (Wildman–Crippen MR) is 79.5 cm³/mol. The van der Waals surface area contributed by atoms with Crippen molar-refractivity contribution in [2.45, 2.75) is 20.3 Å². The number of rotatable bonds is 5. The lowest BCUT2D eigenvalue weighted by Crippen LogP contribution is -2.39. The highest BCUT2D eigenvalue weighted by molar-refractivity contribution is 7.93. The van der Waals surface area contributed by atoms with E-state index in [1.165, 1.54) is 19.9 Å². The van der Waals surface area contributed by atoms with Crippen molar-refractivity contribution in [2.75, 3.05) is 10.1 Å². The molecule has 0 bridgehead atoms. The Hall–Kier alpha value is -1.54. The summed E-state index contributed by atoms with van der Waals surface area (Å²) >= 11 is 4.79. The SMILES string of the molecule is CCC(=O)N(c1ccc(F)cc1C(N)=S)S(=O)(=O)CC.